The Hall–Kier alpha value is -1.06. The standard InChI is InChI=1S/C16H26N2O/c1-11(2)13-9-12(5-6-14(13)19-4)15(18-3)16(10-17)7-8-16/h5-6,9,11,15,18H,7-8,10,17H2,1-4H3. The number of nitrogens with two attached hydrogens (primary N) is 1. The van der Waals surface area contributed by atoms with Gasteiger partial charge in [-0.15, -0.1) is 0 Å². The molecule has 1 aromatic rings. The molecule has 0 aliphatic heterocycles. The SMILES string of the molecule is CNC(c1ccc(OC)c(C(C)C)c1)C1(CN)CC1. The topological polar surface area (TPSA) is 47.3 Å². The predicted octanol–water partition coefficient (Wildman–Crippen LogP) is 2.82. The summed E-state index contributed by atoms with van der Waals surface area (Å²) in [5.74, 6) is 1.44. The van der Waals surface area contributed by atoms with Crippen LogP contribution in [-0.4, -0.2) is 20.7 Å². The number of ether oxygens (including phenoxy) is 1. The van der Waals surface area contributed by atoms with Crippen LogP contribution in [0.15, 0.2) is 18.2 Å². The Bertz CT molecular complexity index is 438. The summed E-state index contributed by atoms with van der Waals surface area (Å²) in [6.45, 7) is 5.15. The molecule has 1 saturated carbocycles. The number of hydrogen-bond donors (Lipinski definition) is 2. The van der Waals surface area contributed by atoms with Crippen LogP contribution >= 0.6 is 0 Å². The van der Waals surface area contributed by atoms with Gasteiger partial charge in [0.15, 0.2) is 0 Å². The summed E-state index contributed by atoms with van der Waals surface area (Å²) in [5.41, 5.74) is 8.83. The maximum Gasteiger partial charge on any atom is 0.122 e. The van der Waals surface area contributed by atoms with E-state index in [1.54, 1.807) is 7.11 Å². The molecule has 1 aromatic carbocycles. The van der Waals surface area contributed by atoms with Crippen molar-refractivity contribution >= 4 is 0 Å². The zero-order valence-corrected chi connectivity index (χ0v) is 12.5. The van der Waals surface area contributed by atoms with E-state index >= 15 is 0 Å². The average Bonchev–Trinajstić information content (AvgIpc) is 3.20. The summed E-state index contributed by atoms with van der Waals surface area (Å²) in [5, 5.41) is 3.45. The average molecular weight is 262 g/mol. The van der Waals surface area contributed by atoms with Gasteiger partial charge in [-0.3, -0.25) is 0 Å². The zero-order valence-electron chi connectivity index (χ0n) is 12.5. The van der Waals surface area contributed by atoms with Gasteiger partial charge in [0, 0.05) is 11.5 Å². The maximum atomic E-state index is 5.97. The molecule has 106 valence electrons. The Labute approximate surface area is 116 Å². The van der Waals surface area contributed by atoms with E-state index in [1.165, 1.54) is 24.0 Å². The highest BCUT2D eigenvalue weighted by molar-refractivity contribution is 5.41. The van der Waals surface area contributed by atoms with Gasteiger partial charge in [-0.1, -0.05) is 26.0 Å². The first-order chi connectivity index (χ1) is 9.07. The molecule has 3 nitrogen and oxygen atoms in total. The molecular weight excluding hydrogens is 236 g/mol. The van der Waals surface area contributed by atoms with Crippen LogP contribution in [0.2, 0.25) is 0 Å². The summed E-state index contributed by atoms with van der Waals surface area (Å²) >= 11 is 0. The minimum absolute atomic E-state index is 0.261. The van der Waals surface area contributed by atoms with Gasteiger partial charge < -0.3 is 15.8 Å². The van der Waals surface area contributed by atoms with Crippen LogP contribution in [0.25, 0.3) is 0 Å². The van der Waals surface area contributed by atoms with E-state index in [1.807, 2.05) is 7.05 Å². The fraction of sp³-hybridized carbons (Fsp3) is 0.625. The van der Waals surface area contributed by atoms with E-state index in [-0.39, 0.29) is 5.41 Å². The molecule has 0 heterocycles. The second-order valence-corrected chi connectivity index (χ2v) is 5.94. The van der Waals surface area contributed by atoms with Crippen molar-refractivity contribution in [2.45, 2.75) is 38.6 Å². The lowest BCUT2D eigenvalue weighted by molar-refractivity contribution is 0.364. The lowest BCUT2D eigenvalue weighted by Crippen LogP contribution is -2.32. The molecule has 0 radical (unpaired) electrons. The van der Waals surface area contributed by atoms with E-state index in [9.17, 15) is 0 Å². The second kappa shape index (κ2) is 5.51. The van der Waals surface area contributed by atoms with Gasteiger partial charge in [-0.2, -0.15) is 0 Å². The van der Waals surface area contributed by atoms with Gasteiger partial charge >= 0.3 is 0 Å². The summed E-state index contributed by atoms with van der Waals surface area (Å²) in [6.07, 6.45) is 2.44. The Kier molecular flexibility index (Phi) is 4.16. The Morgan fingerprint density at radius 2 is 2.05 bits per heavy atom. The highest BCUT2D eigenvalue weighted by Gasteiger charge is 2.48. The van der Waals surface area contributed by atoms with Gasteiger partial charge in [0.1, 0.15) is 5.75 Å². The molecular formula is C16H26N2O. The first-order valence-corrected chi connectivity index (χ1v) is 7.13. The second-order valence-electron chi connectivity index (χ2n) is 5.94. The van der Waals surface area contributed by atoms with E-state index in [0.29, 0.717) is 12.0 Å². The number of hydrogen-bond acceptors (Lipinski definition) is 3. The van der Waals surface area contributed by atoms with Crippen molar-refractivity contribution in [1.29, 1.82) is 0 Å². The summed E-state index contributed by atoms with van der Waals surface area (Å²) in [4.78, 5) is 0. The van der Waals surface area contributed by atoms with Crippen LogP contribution < -0.4 is 15.8 Å². The summed E-state index contributed by atoms with van der Waals surface area (Å²) in [7, 11) is 3.76. The number of methoxy groups -OCH3 is 1. The summed E-state index contributed by atoms with van der Waals surface area (Å²) in [6, 6.07) is 6.88. The third kappa shape index (κ3) is 2.63. The first-order valence-electron chi connectivity index (χ1n) is 7.13. The molecule has 1 aliphatic carbocycles. The van der Waals surface area contributed by atoms with Crippen molar-refractivity contribution in [3.05, 3.63) is 29.3 Å². The molecule has 0 saturated heterocycles. The van der Waals surface area contributed by atoms with Crippen molar-refractivity contribution in [3.63, 3.8) is 0 Å². The molecule has 1 atom stereocenters. The van der Waals surface area contributed by atoms with E-state index in [4.69, 9.17) is 10.5 Å². The van der Waals surface area contributed by atoms with Crippen LogP contribution in [0.1, 0.15) is 49.8 Å². The van der Waals surface area contributed by atoms with Crippen LogP contribution in [0.5, 0.6) is 5.75 Å². The van der Waals surface area contributed by atoms with Crippen molar-refractivity contribution < 1.29 is 4.74 Å². The first kappa shape index (κ1) is 14.4. The molecule has 0 amide bonds. The molecule has 3 N–H and O–H groups in total. The molecule has 1 fully saturated rings. The van der Waals surface area contributed by atoms with E-state index in [2.05, 4.69) is 37.4 Å². The van der Waals surface area contributed by atoms with E-state index in [0.717, 1.165) is 12.3 Å². The Balaban J connectivity index is 2.36. The molecule has 0 bridgehead atoms. The molecule has 19 heavy (non-hydrogen) atoms. The number of rotatable bonds is 6. The van der Waals surface area contributed by atoms with Crippen LogP contribution in [0.4, 0.5) is 0 Å². The number of nitrogens with one attached hydrogen (secondary N) is 1. The molecule has 0 aromatic heterocycles. The highest BCUT2D eigenvalue weighted by atomic mass is 16.5. The zero-order chi connectivity index (χ0) is 14.0. The summed E-state index contributed by atoms with van der Waals surface area (Å²) < 4.78 is 5.46. The van der Waals surface area contributed by atoms with Crippen molar-refractivity contribution in [2.24, 2.45) is 11.1 Å². The third-order valence-corrected chi connectivity index (χ3v) is 4.41. The van der Waals surface area contributed by atoms with E-state index < -0.39 is 0 Å². The van der Waals surface area contributed by atoms with Gasteiger partial charge in [0.25, 0.3) is 0 Å². The largest absolute Gasteiger partial charge is 0.496 e. The van der Waals surface area contributed by atoms with Gasteiger partial charge in [0.2, 0.25) is 0 Å². The van der Waals surface area contributed by atoms with Crippen LogP contribution in [0, 0.1) is 5.41 Å². The molecule has 3 heteroatoms. The van der Waals surface area contributed by atoms with Gasteiger partial charge in [-0.25, -0.2) is 0 Å². The fourth-order valence-electron chi connectivity index (χ4n) is 2.98. The third-order valence-electron chi connectivity index (χ3n) is 4.41. The molecule has 2 rings (SSSR count). The fourth-order valence-corrected chi connectivity index (χ4v) is 2.98. The Morgan fingerprint density at radius 1 is 1.37 bits per heavy atom. The normalized spacial score (nSPS) is 18.4. The number of benzene rings is 1. The van der Waals surface area contributed by atoms with Crippen LogP contribution in [-0.2, 0) is 0 Å². The minimum Gasteiger partial charge on any atom is -0.496 e. The van der Waals surface area contributed by atoms with Crippen molar-refractivity contribution in [3.8, 4) is 5.75 Å². The maximum absolute atomic E-state index is 5.97. The highest BCUT2D eigenvalue weighted by Crippen LogP contribution is 2.54. The predicted molar refractivity (Wildman–Crippen MR) is 79.6 cm³/mol. The van der Waals surface area contributed by atoms with Crippen molar-refractivity contribution in [1.82, 2.24) is 5.32 Å². The molecule has 1 aliphatic rings. The quantitative estimate of drug-likeness (QED) is 0.828. The van der Waals surface area contributed by atoms with Gasteiger partial charge in [-0.05, 0) is 49.5 Å². The minimum atomic E-state index is 0.261. The monoisotopic (exact) mass is 262 g/mol. The lowest BCUT2D eigenvalue weighted by Gasteiger charge is -2.27. The van der Waals surface area contributed by atoms with Crippen LogP contribution in [0.3, 0.4) is 0 Å². The smallest absolute Gasteiger partial charge is 0.122 e. The van der Waals surface area contributed by atoms with Crippen molar-refractivity contribution in [2.75, 3.05) is 20.7 Å². The molecule has 1 unspecified atom stereocenters. The van der Waals surface area contributed by atoms with Gasteiger partial charge in [0.05, 0.1) is 7.11 Å². The lowest BCUT2D eigenvalue weighted by atomic mass is 9.87. The Morgan fingerprint density at radius 3 is 2.47 bits per heavy atom. The molecule has 0 spiro atoms.